The van der Waals surface area contributed by atoms with Crippen molar-refractivity contribution in [3.05, 3.63) is 246 Å². The minimum atomic E-state index is -0.646. The second-order valence-corrected chi connectivity index (χ2v) is 34.9. The Morgan fingerprint density at radius 2 is 0.544 bits per heavy atom. The fourth-order valence-corrected chi connectivity index (χ4v) is 14.5. The molecule has 0 amide bonds. The third-order valence-electron chi connectivity index (χ3n) is 20.4. The van der Waals surface area contributed by atoms with Crippen molar-refractivity contribution in [2.45, 2.75) is 271 Å². The molecule has 8 aromatic carbocycles. The summed E-state index contributed by atoms with van der Waals surface area (Å²) in [6.07, 6.45) is 8.44. The molecule has 0 aliphatic rings. The van der Waals surface area contributed by atoms with Gasteiger partial charge in [0.15, 0.2) is 0 Å². The Hall–Kier alpha value is -12.5. The van der Waals surface area contributed by atoms with Gasteiger partial charge in [-0.05, 0) is 227 Å². The summed E-state index contributed by atoms with van der Waals surface area (Å²) >= 11 is 0. The van der Waals surface area contributed by atoms with E-state index in [9.17, 15) is 32.8 Å². The fraction of sp³-hybridized carbons (Fsp3) is 0.486. The van der Waals surface area contributed by atoms with E-state index in [4.69, 9.17) is 71.6 Å². The number of anilines is 3. The van der Waals surface area contributed by atoms with Crippen molar-refractivity contribution in [3.63, 3.8) is 0 Å². The number of ether oxygens (including phenoxy) is 5. The van der Waals surface area contributed by atoms with Gasteiger partial charge in [-0.3, -0.25) is 19.4 Å². The third kappa shape index (κ3) is 52.4. The molecule has 0 aromatic heterocycles. The van der Waals surface area contributed by atoms with E-state index >= 15 is 0 Å². The maximum Gasteiger partial charge on any atom is 0.373 e. The van der Waals surface area contributed by atoms with Crippen molar-refractivity contribution < 1.29 is 104 Å². The van der Waals surface area contributed by atoms with Crippen LogP contribution < -0.4 is 14.7 Å². The molecular formula is C109H149F2N5O20. The zero-order valence-corrected chi connectivity index (χ0v) is 84.3. The van der Waals surface area contributed by atoms with E-state index in [0.29, 0.717) is 18.7 Å². The number of fused-ring (bicyclic) bond motifs is 1. The first kappa shape index (κ1) is 125. The lowest BCUT2D eigenvalue weighted by molar-refractivity contribution is -0.193. The second-order valence-electron chi connectivity index (χ2n) is 34.9. The van der Waals surface area contributed by atoms with Crippen molar-refractivity contribution in [2.75, 3.05) is 61.0 Å². The van der Waals surface area contributed by atoms with E-state index in [0.717, 1.165) is 94.6 Å². The second kappa shape index (κ2) is 73.8. The predicted molar refractivity (Wildman–Crippen MR) is 522 cm³/mol. The summed E-state index contributed by atoms with van der Waals surface area (Å²) in [5, 5.41) is 2.41. The SMILES string of the molecule is CC(C)OC(=O)C(C(C)C)N(C)CCc1ccccc1.CC(C)OC(=O)C(C(C)C)N(CCc1ccccc1)c1ccccc1.CCCCN(CCc1ccccc1)C(C(=O)OC(C)C)C(C)C.CCCCN(c1ccc2ccccc2c1)C(C(=O)OC(C)C)C(C)C.Cc1c(F)cc(N(CCc2ccccc2)C(C(=O)OC(C)C)C(C)C)cc1F.O=C=O.O=C=O.O=C=O.O=C=O.O=C=O. The van der Waals surface area contributed by atoms with Crippen LogP contribution in [0.4, 0.5) is 25.8 Å². The summed E-state index contributed by atoms with van der Waals surface area (Å²) in [7, 11) is 2.00. The van der Waals surface area contributed by atoms with E-state index in [1.54, 1.807) is 18.7 Å². The number of rotatable bonds is 41. The van der Waals surface area contributed by atoms with Gasteiger partial charge in [0.2, 0.25) is 0 Å². The lowest BCUT2D eigenvalue weighted by Gasteiger charge is -2.35. The highest BCUT2D eigenvalue weighted by Gasteiger charge is 2.36. The van der Waals surface area contributed by atoms with Gasteiger partial charge >= 0.3 is 60.6 Å². The van der Waals surface area contributed by atoms with Crippen LogP contribution in [0.3, 0.4) is 0 Å². The number of hydrogen-bond donors (Lipinski definition) is 0. The normalized spacial score (nSPS) is 11.5. The summed E-state index contributed by atoms with van der Waals surface area (Å²) in [4.78, 5) is 155. The molecule has 0 N–H and O–H groups in total. The minimum absolute atomic E-state index is 0.0300. The lowest BCUT2D eigenvalue weighted by Crippen LogP contribution is -2.47. The van der Waals surface area contributed by atoms with Crippen LogP contribution in [0.25, 0.3) is 10.8 Å². The quantitative estimate of drug-likeness (QED) is 0.0254. The van der Waals surface area contributed by atoms with E-state index in [1.807, 2.05) is 161 Å². The Bertz CT molecular complexity index is 4670. The topological polar surface area (TPSA) is 318 Å². The molecule has 27 heteroatoms. The van der Waals surface area contributed by atoms with Crippen LogP contribution in [-0.2, 0) is 121 Å². The smallest absolute Gasteiger partial charge is 0.373 e. The summed E-state index contributed by atoms with van der Waals surface area (Å²) < 4.78 is 55.9. The van der Waals surface area contributed by atoms with Crippen molar-refractivity contribution in [2.24, 2.45) is 29.6 Å². The maximum absolute atomic E-state index is 14.3. The standard InChI is InChI=1S/C23H29F2NO2.C22H29NO2.C22H31NO2.C20H33NO2.C17H27NO2.5CO2/c1-15(2)22(23(27)28-16(3)4)26(12-11-18-9-7-6-8-10-18)19-13-20(24)17(5)21(25)14-19;1-17(2)21(22(24)25-18(3)4)23(20-13-9-6-10-14-20)16-15-19-11-7-5-8-12-19;1-6-7-14-23(21(16(2)3)22(24)25-17(4)5)20-13-12-18-10-8-9-11-19(18)15-20;1-6-7-14-21(15-13-18-11-9-8-10-12-18)19(16(2)3)20(22)23-17(4)5;1-13(2)16(17(19)20-14(3)4)18(5)12-11-15-9-7-6-8-10-15;5*2-1-3/h6-10,13-16,22H,11-12H2,1-5H3;5-14,17-18,21H,15-16H2,1-4H3;8-13,15-17,21H,6-7,14H2,1-5H3;8-12,16-17,19H,6-7,13-15H2,1-5H3;6-10,13-14,16H,11-12H2,1-5H3;;;;;. The zero-order chi connectivity index (χ0) is 103. The van der Waals surface area contributed by atoms with Crippen molar-refractivity contribution in [1.29, 1.82) is 0 Å². The summed E-state index contributed by atoms with van der Waals surface area (Å²) in [6, 6.07) is 66.9. The number of carbonyl (C=O) groups excluding carboxylic acids is 15. The minimum Gasteiger partial charge on any atom is -0.462 e. The van der Waals surface area contributed by atoms with Gasteiger partial charge < -0.3 is 38.4 Å². The Kier molecular flexibility index (Phi) is 68.1. The third-order valence-corrected chi connectivity index (χ3v) is 20.4. The molecule has 8 rings (SSSR count). The molecule has 0 aliphatic heterocycles. The average molecular weight is 1890 g/mol. The molecule has 5 unspecified atom stereocenters. The molecule has 0 saturated heterocycles. The largest absolute Gasteiger partial charge is 0.462 e. The highest BCUT2D eigenvalue weighted by Crippen LogP contribution is 2.31. The van der Waals surface area contributed by atoms with Crippen LogP contribution in [0.2, 0.25) is 0 Å². The fourth-order valence-electron chi connectivity index (χ4n) is 14.5. The number of para-hydroxylation sites is 1. The summed E-state index contributed by atoms with van der Waals surface area (Å²) in [5.74, 6) is -1.42. The Morgan fingerprint density at radius 3 is 0.853 bits per heavy atom. The lowest BCUT2D eigenvalue weighted by atomic mass is 10.00. The molecule has 0 bridgehead atoms. The molecule has 744 valence electrons. The number of unbranched alkanes of at least 4 members (excludes halogenated alkanes) is 2. The average Bonchev–Trinajstić information content (AvgIpc) is 0.801. The Balaban J connectivity index is 0. The molecule has 136 heavy (non-hydrogen) atoms. The van der Waals surface area contributed by atoms with Gasteiger partial charge in [-0.25, -0.2) is 23.2 Å². The summed E-state index contributed by atoms with van der Waals surface area (Å²) in [6.45, 7) is 49.7. The summed E-state index contributed by atoms with van der Waals surface area (Å²) in [5.41, 5.74) is 7.41. The Labute approximate surface area is 806 Å². The van der Waals surface area contributed by atoms with Gasteiger partial charge in [0, 0.05) is 55.3 Å². The van der Waals surface area contributed by atoms with Crippen LogP contribution in [0.5, 0.6) is 0 Å². The number of hydrogen-bond acceptors (Lipinski definition) is 25. The van der Waals surface area contributed by atoms with E-state index in [-0.39, 0.29) is 150 Å². The number of benzene rings is 8. The molecule has 0 radical (unpaired) electrons. The molecule has 0 aliphatic carbocycles. The maximum atomic E-state index is 14.3. The van der Waals surface area contributed by atoms with Crippen molar-refractivity contribution in [1.82, 2.24) is 9.80 Å². The molecule has 0 spiro atoms. The number of carbonyl (C=O) groups is 5. The molecule has 25 nitrogen and oxygen atoms in total. The van der Waals surface area contributed by atoms with Gasteiger partial charge in [-0.1, -0.05) is 266 Å². The van der Waals surface area contributed by atoms with Gasteiger partial charge in [-0.15, -0.1) is 0 Å². The van der Waals surface area contributed by atoms with Crippen LogP contribution in [0, 0.1) is 48.1 Å². The number of halogens is 2. The predicted octanol–water partition coefficient (Wildman–Crippen LogP) is 20.0. The molecule has 0 saturated carbocycles. The van der Waals surface area contributed by atoms with Crippen LogP contribution in [0.1, 0.15) is 206 Å². The van der Waals surface area contributed by atoms with Crippen LogP contribution in [0.15, 0.2) is 206 Å². The van der Waals surface area contributed by atoms with E-state index in [2.05, 4.69) is 198 Å². The zero-order valence-electron chi connectivity index (χ0n) is 84.3. The van der Waals surface area contributed by atoms with Crippen molar-refractivity contribution >= 4 is 88.4 Å². The number of nitrogens with zero attached hydrogens (tertiary/aromatic N) is 5. The van der Waals surface area contributed by atoms with Crippen LogP contribution >= 0.6 is 0 Å². The van der Waals surface area contributed by atoms with Crippen molar-refractivity contribution in [3.8, 4) is 0 Å². The van der Waals surface area contributed by atoms with Crippen LogP contribution in [-0.4, -0.2) is 177 Å². The van der Waals surface area contributed by atoms with Gasteiger partial charge in [0.05, 0.1) is 30.5 Å². The molecule has 0 fully saturated rings. The van der Waals surface area contributed by atoms with Gasteiger partial charge in [0.25, 0.3) is 0 Å². The first-order valence-electron chi connectivity index (χ1n) is 46.5. The number of esters is 5. The first-order valence-corrected chi connectivity index (χ1v) is 46.5. The van der Waals surface area contributed by atoms with E-state index in [1.165, 1.54) is 46.5 Å². The molecular weight excluding hydrogens is 1740 g/mol. The Morgan fingerprint density at radius 1 is 0.287 bits per heavy atom. The highest BCUT2D eigenvalue weighted by molar-refractivity contribution is 5.88. The molecule has 5 atom stereocenters. The first-order chi connectivity index (χ1) is 64.6. The van der Waals surface area contributed by atoms with E-state index < -0.39 is 17.7 Å². The monoisotopic (exact) mass is 1890 g/mol. The van der Waals surface area contributed by atoms with Gasteiger partial charge in [0.1, 0.15) is 41.8 Å². The van der Waals surface area contributed by atoms with Gasteiger partial charge in [-0.2, -0.15) is 47.9 Å². The number of likely N-dealkylation sites (N-methyl/N-ethyl adjacent to an activating group) is 1. The molecule has 8 aromatic rings. The molecule has 0 heterocycles. The highest BCUT2D eigenvalue weighted by atomic mass is 19.1.